The second kappa shape index (κ2) is 12.5. The molecule has 0 fully saturated rings. The van der Waals surface area contributed by atoms with Crippen LogP contribution >= 0.6 is 0 Å². The average Bonchev–Trinajstić information content (AvgIpc) is 2.90. The molecule has 6 heteroatoms. The van der Waals surface area contributed by atoms with E-state index in [0.29, 0.717) is 0 Å². The third-order valence-electron chi connectivity index (χ3n) is 5.93. The molecule has 0 heterocycles. The number of esters is 2. The van der Waals surface area contributed by atoms with Gasteiger partial charge in [0.05, 0.1) is 13.2 Å². The lowest BCUT2D eigenvalue weighted by Crippen LogP contribution is -2.48. The number of nitrogens with zero attached hydrogens (tertiary/aromatic N) is 1. The highest BCUT2D eigenvalue weighted by atomic mass is 16.6. The van der Waals surface area contributed by atoms with E-state index in [1.165, 1.54) is 0 Å². The van der Waals surface area contributed by atoms with Crippen molar-refractivity contribution in [2.45, 2.75) is 25.8 Å². The molecule has 35 heavy (non-hydrogen) atoms. The van der Waals surface area contributed by atoms with Gasteiger partial charge >= 0.3 is 11.9 Å². The second-order valence-electron chi connectivity index (χ2n) is 7.95. The predicted octanol–water partition coefficient (Wildman–Crippen LogP) is 4.57. The topological polar surface area (TPSA) is 72.9 Å². The van der Waals surface area contributed by atoms with Crippen molar-refractivity contribution in [2.75, 3.05) is 19.8 Å². The summed E-state index contributed by atoms with van der Waals surface area (Å²) in [4.78, 5) is 39.6. The molecule has 1 amide bonds. The van der Waals surface area contributed by atoms with Crippen LogP contribution in [0.2, 0.25) is 0 Å². The summed E-state index contributed by atoms with van der Waals surface area (Å²) in [7, 11) is 0. The van der Waals surface area contributed by atoms with Gasteiger partial charge < -0.3 is 14.4 Å². The Morgan fingerprint density at radius 1 is 0.743 bits per heavy atom. The Morgan fingerprint density at radius 2 is 1.11 bits per heavy atom. The number of rotatable bonds is 12. The van der Waals surface area contributed by atoms with Gasteiger partial charge in [0.15, 0.2) is 5.92 Å². The van der Waals surface area contributed by atoms with Gasteiger partial charge in [0, 0.05) is 6.54 Å². The maximum Gasteiger partial charge on any atom is 0.320 e. The predicted molar refractivity (Wildman–Crippen MR) is 133 cm³/mol. The molecule has 0 aromatic heterocycles. The first-order chi connectivity index (χ1) is 17.1. The van der Waals surface area contributed by atoms with Crippen molar-refractivity contribution in [1.29, 1.82) is 0 Å². The summed E-state index contributed by atoms with van der Waals surface area (Å²) in [6, 6.07) is 29.2. The molecular formula is C29H31NO5. The quantitative estimate of drug-likeness (QED) is 0.167. The first kappa shape index (κ1) is 25.7. The fraction of sp³-hybridized carbons (Fsp3) is 0.276. The molecule has 0 radical (unpaired) electrons. The van der Waals surface area contributed by atoms with E-state index in [0.717, 1.165) is 23.1 Å². The van der Waals surface area contributed by atoms with Crippen LogP contribution in [0.25, 0.3) is 0 Å². The molecule has 0 saturated heterocycles. The van der Waals surface area contributed by atoms with Crippen LogP contribution in [0.4, 0.5) is 0 Å². The number of carbonyl (C=O) groups is 3. The fourth-order valence-corrected chi connectivity index (χ4v) is 4.42. The van der Waals surface area contributed by atoms with Crippen molar-refractivity contribution in [3.63, 3.8) is 0 Å². The zero-order chi connectivity index (χ0) is 25.1. The van der Waals surface area contributed by atoms with E-state index in [4.69, 9.17) is 9.47 Å². The maximum absolute atomic E-state index is 12.8. The van der Waals surface area contributed by atoms with E-state index in [9.17, 15) is 14.4 Å². The lowest BCUT2D eigenvalue weighted by atomic mass is 9.75. The minimum atomic E-state index is -1.13. The highest BCUT2D eigenvalue weighted by Crippen LogP contribution is 2.42. The van der Waals surface area contributed by atoms with Gasteiger partial charge in [-0.05, 0) is 37.0 Å². The van der Waals surface area contributed by atoms with Gasteiger partial charge in [0.1, 0.15) is 5.54 Å². The fourth-order valence-electron chi connectivity index (χ4n) is 4.42. The number of hydrogen-bond donors (Lipinski definition) is 0. The van der Waals surface area contributed by atoms with E-state index in [1.54, 1.807) is 18.7 Å². The smallest absolute Gasteiger partial charge is 0.320 e. The lowest BCUT2D eigenvalue weighted by Gasteiger charge is -2.44. The monoisotopic (exact) mass is 473 g/mol. The van der Waals surface area contributed by atoms with Gasteiger partial charge in [-0.2, -0.15) is 0 Å². The zero-order valence-corrected chi connectivity index (χ0v) is 20.1. The summed E-state index contributed by atoms with van der Waals surface area (Å²) in [5, 5.41) is 0. The van der Waals surface area contributed by atoms with Crippen molar-refractivity contribution in [1.82, 2.24) is 4.90 Å². The van der Waals surface area contributed by atoms with Gasteiger partial charge in [-0.25, -0.2) is 0 Å². The largest absolute Gasteiger partial charge is 0.465 e. The molecule has 0 saturated carbocycles. The summed E-state index contributed by atoms with van der Waals surface area (Å²) in [6.07, 6.45) is 0.838. The molecule has 0 aliphatic heterocycles. The Bertz CT molecular complexity index is 971. The Labute approximate surface area is 206 Å². The molecule has 0 atom stereocenters. The van der Waals surface area contributed by atoms with E-state index in [2.05, 4.69) is 0 Å². The van der Waals surface area contributed by atoms with Crippen LogP contribution in [0.5, 0.6) is 0 Å². The summed E-state index contributed by atoms with van der Waals surface area (Å²) in [6.45, 7) is 3.78. The molecule has 0 aliphatic carbocycles. The molecule has 0 N–H and O–H groups in total. The summed E-state index contributed by atoms with van der Waals surface area (Å²) < 4.78 is 10.3. The van der Waals surface area contributed by atoms with Gasteiger partial charge in [-0.1, -0.05) is 91.0 Å². The van der Waals surface area contributed by atoms with Crippen molar-refractivity contribution in [3.8, 4) is 0 Å². The number of hydrogen-bond acceptors (Lipinski definition) is 5. The number of carbonyl (C=O) groups excluding carboxylic acids is 3. The van der Waals surface area contributed by atoms with Gasteiger partial charge in [0.2, 0.25) is 6.41 Å². The normalized spacial score (nSPS) is 11.1. The summed E-state index contributed by atoms with van der Waals surface area (Å²) >= 11 is 0. The Morgan fingerprint density at radius 3 is 1.43 bits per heavy atom. The average molecular weight is 474 g/mol. The van der Waals surface area contributed by atoms with Crippen molar-refractivity contribution in [2.24, 2.45) is 5.92 Å². The molecule has 0 aliphatic rings. The van der Waals surface area contributed by atoms with Crippen molar-refractivity contribution < 1.29 is 23.9 Å². The number of amides is 1. The molecule has 3 aromatic rings. The summed E-state index contributed by atoms with van der Waals surface area (Å²) in [5.41, 5.74) is 1.66. The molecule has 0 bridgehead atoms. The molecule has 3 aromatic carbocycles. The van der Waals surface area contributed by atoms with E-state index >= 15 is 0 Å². The van der Waals surface area contributed by atoms with Gasteiger partial charge in [-0.3, -0.25) is 14.4 Å². The SMILES string of the molecule is CCOC(=O)C(CCN(C=O)C(c1ccccc1)(c1ccccc1)c1ccccc1)C(=O)OCC. The Hall–Kier alpha value is -3.93. The molecule has 0 unspecified atom stereocenters. The number of benzene rings is 3. The first-order valence-electron chi connectivity index (χ1n) is 11.8. The molecule has 0 spiro atoms. The number of ether oxygens (including phenoxy) is 2. The third-order valence-corrected chi connectivity index (χ3v) is 5.93. The maximum atomic E-state index is 12.8. The van der Waals surface area contributed by atoms with Crippen LogP contribution in [0.1, 0.15) is 37.0 Å². The molecular weight excluding hydrogens is 442 g/mol. The zero-order valence-electron chi connectivity index (χ0n) is 20.1. The van der Waals surface area contributed by atoms with E-state index < -0.39 is 23.4 Å². The minimum Gasteiger partial charge on any atom is -0.465 e. The Balaban J connectivity index is 2.14. The lowest BCUT2D eigenvalue weighted by molar-refractivity contribution is -0.162. The van der Waals surface area contributed by atoms with Crippen LogP contribution in [0.15, 0.2) is 91.0 Å². The van der Waals surface area contributed by atoms with E-state index in [-0.39, 0.29) is 26.2 Å². The third kappa shape index (κ3) is 5.60. The first-order valence-corrected chi connectivity index (χ1v) is 11.8. The molecule has 6 nitrogen and oxygen atoms in total. The van der Waals surface area contributed by atoms with Crippen LogP contribution in [-0.4, -0.2) is 43.0 Å². The Kier molecular flexibility index (Phi) is 9.18. The van der Waals surface area contributed by atoms with Crippen molar-refractivity contribution in [3.05, 3.63) is 108 Å². The molecule has 182 valence electrons. The highest BCUT2D eigenvalue weighted by molar-refractivity contribution is 5.94. The highest BCUT2D eigenvalue weighted by Gasteiger charge is 2.42. The molecule has 3 rings (SSSR count). The van der Waals surface area contributed by atoms with Gasteiger partial charge in [-0.15, -0.1) is 0 Å². The second-order valence-corrected chi connectivity index (χ2v) is 7.95. The van der Waals surface area contributed by atoms with Crippen LogP contribution in [0, 0.1) is 5.92 Å². The van der Waals surface area contributed by atoms with Gasteiger partial charge in [0.25, 0.3) is 0 Å². The van der Waals surface area contributed by atoms with E-state index in [1.807, 2.05) is 91.0 Å². The van der Waals surface area contributed by atoms with Crippen LogP contribution in [0.3, 0.4) is 0 Å². The van der Waals surface area contributed by atoms with Crippen molar-refractivity contribution >= 4 is 18.3 Å². The standard InChI is InChI=1S/C29H31NO5/c1-3-34-27(32)26(28(33)35-4-2)20-21-30(22-31)29(23-14-8-5-9-15-23,24-16-10-6-11-17-24)25-18-12-7-13-19-25/h5-19,22,26H,3-4,20-21H2,1-2H3. The summed E-state index contributed by atoms with van der Waals surface area (Å²) in [5.74, 6) is -2.43. The van der Waals surface area contributed by atoms with Crippen LogP contribution in [-0.2, 0) is 29.4 Å². The van der Waals surface area contributed by atoms with Crippen LogP contribution < -0.4 is 0 Å². The minimum absolute atomic E-state index is 0.0602.